The maximum absolute atomic E-state index is 5.46. The smallest absolute Gasteiger partial charge is 0.121 e. The zero-order chi connectivity index (χ0) is 21.2. The third-order valence-corrected chi connectivity index (χ3v) is 7.23. The number of nitrogens with zero attached hydrogens (tertiary/aromatic N) is 3. The third kappa shape index (κ3) is 4.10. The van der Waals surface area contributed by atoms with Gasteiger partial charge in [0, 0.05) is 35.6 Å². The lowest BCUT2D eigenvalue weighted by atomic mass is 10.1. The van der Waals surface area contributed by atoms with Crippen LogP contribution in [0.1, 0.15) is 28.4 Å². The Balaban J connectivity index is 1.44. The Kier molecular flexibility index (Phi) is 5.51. The molecule has 4 aromatic rings. The number of hydrogen-bond donors (Lipinski definition) is 0. The van der Waals surface area contributed by atoms with Gasteiger partial charge in [-0.05, 0) is 60.4 Å². The van der Waals surface area contributed by atoms with Gasteiger partial charge < -0.3 is 9.64 Å². The normalized spacial score (nSPS) is 16.1. The molecule has 0 amide bonds. The standard InChI is InChI=1S/C26H25N3OS/c1-18-15-20(8-10-24(18)30-2)25-11-14-29(23-5-3-4-6-26(23)31-25)17-19-7-9-21-22(16-19)28-13-12-27-21/h3-10,12-13,15-16,25H,11,14,17H2,1-2H3. The first-order valence-electron chi connectivity index (χ1n) is 10.6. The van der Waals surface area contributed by atoms with Gasteiger partial charge in [0.2, 0.25) is 0 Å². The molecule has 3 aromatic carbocycles. The number of thioether (sulfide) groups is 1. The van der Waals surface area contributed by atoms with Gasteiger partial charge in [0.05, 0.1) is 23.8 Å². The van der Waals surface area contributed by atoms with E-state index >= 15 is 0 Å². The van der Waals surface area contributed by atoms with Crippen LogP contribution in [-0.2, 0) is 6.54 Å². The zero-order valence-electron chi connectivity index (χ0n) is 17.8. The van der Waals surface area contributed by atoms with Gasteiger partial charge in [-0.3, -0.25) is 9.97 Å². The van der Waals surface area contributed by atoms with Crippen LogP contribution in [-0.4, -0.2) is 23.6 Å². The summed E-state index contributed by atoms with van der Waals surface area (Å²) >= 11 is 1.97. The van der Waals surface area contributed by atoms with Gasteiger partial charge in [-0.2, -0.15) is 0 Å². The summed E-state index contributed by atoms with van der Waals surface area (Å²) in [5.41, 5.74) is 7.00. The second kappa shape index (κ2) is 8.60. The molecule has 0 fully saturated rings. The van der Waals surface area contributed by atoms with Crippen molar-refractivity contribution in [3.05, 3.63) is 89.7 Å². The van der Waals surface area contributed by atoms with Crippen molar-refractivity contribution in [1.82, 2.24) is 9.97 Å². The highest BCUT2D eigenvalue weighted by molar-refractivity contribution is 7.99. The molecule has 5 rings (SSSR count). The van der Waals surface area contributed by atoms with Gasteiger partial charge in [0.25, 0.3) is 0 Å². The molecule has 0 saturated carbocycles. The van der Waals surface area contributed by atoms with E-state index in [1.165, 1.54) is 27.3 Å². The second-order valence-electron chi connectivity index (χ2n) is 7.89. The Hall–Kier alpha value is -3.05. The van der Waals surface area contributed by atoms with Crippen LogP contribution in [0.3, 0.4) is 0 Å². The third-order valence-electron chi connectivity index (χ3n) is 5.83. The fourth-order valence-corrected chi connectivity index (χ4v) is 5.54. The molecule has 0 spiro atoms. The highest BCUT2D eigenvalue weighted by atomic mass is 32.2. The molecule has 0 saturated heterocycles. The predicted octanol–water partition coefficient (Wildman–Crippen LogP) is 6.19. The summed E-state index contributed by atoms with van der Waals surface area (Å²) in [7, 11) is 1.73. The average Bonchev–Trinajstić information content (AvgIpc) is 2.99. The predicted molar refractivity (Wildman–Crippen MR) is 128 cm³/mol. The lowest BCUT2D eigenvalue weighted by Crippen LogP contribution is -2.24. The summed E-state index contributed by atoms with van der Waals surface area (Å²) in [6, 6.07) is 21.7. The number of hydrogen-bond acceptors (Lipinski definition) is 5. The SMILES string of the molecule is COc1ccc(C2CCN(Cc3ccc4nccnc4c3)c3ccccc3S2)cc1C. The minimum absolute atomic E-state index is 0.415. The molecule has 31 heavy (non-hydrogen) atoms. The lowest BCUT2D eigenvalue weighted by molar-refractivity contribution is 0.411. The minimum atomic E-state index is 0.415. The van der Waals surface area contributed by atoms with E-state index in [1.54, 1.807) is 19.5 Å². The highest BCUT2D eigenvalue weighted by Crippen LogP contribution is 2.46. The molecule has 0 N–H and O–H groups in total. The van der Waals surface area contributed by atoms with E-state index in [9.17, 15) is 0 Å². The molecule has 1 aliphatic heterocycles. The number of anilines is 1. The van der Waals surface area contributed by atoms with Crippen molar-refractivity contribution in [3.8, 4) is 5.75 Å². The first kappa shape index (κ1) is 19.9. The molecule has 1 aliphatic rings. The van der Waals surface area contributed by atoms with Crippen LogP contribution in [0, 0.1) is 6.92 Å². The number of methoxy groups -OCH3 is 1. The summed E-state index contributed by atoms with van der Waals surface area (Å²) in [5.74, 6) is 0.948. The van der Waals surface area contributed by atoms with Gasteiger partial charge in [-0.1, -0.05) is 30.3 Å². The van der Waals surface area contributed by atoms with Crippen molar-refractivity contribution >= 4 is 28.5 Å². The summed E-state index contributed by atoms with van der Waals surface area (Å²) < 4.78 is 5.46. The summed E-state index contributed by atoms with van der Waals surface area (Å²) in [6.45, 7) is 3.98. The van der Waals surface area contributed by atoms with E-state index in [0.717, 1.165) is 36.3 Å². The molecule has 0 aliphatic carbocycles. The summed E-state index contributed by atoms with van der Waals surface area (Å²) in [6.07, 6.45) is 4.58. The molecule has 0 bridgehead atoms. The molecule has 1 unspecified atom stereocenters. The number of aryl methyl sites for hydroxylation is 1. The average molecular weight is 428 g/mol. The van der Waals surface area contributed by atoms with Crippen molar-refractivity contribution in [2.75, 3.05) is 18.6 Å². The topological polar surface area (TPSA) is 38.2 Å². The Morgan fingerprint density at radius 3 is 2.68 bits per heavy atom. The molecule has 1 aromatic heterocycles. The van der Waals surface area contributed by atoms with Crippen molar-refractivity contribution in [1.29, 1.82) is 0 Å². The first-order valence-corrected chi connectivity index (χ1v) is 11.4. The van der Waals surface area contributed by atoms with E-state index in [0.29, 0.717) is 5.25 Å². The van der Waals surface area contributed by atoms with Gasteiger partial charge in [0.15, 0.2) is 0 Å². The number of para-hydroxylation sites is 1. The maximum atomic E-state index is 5.46. The number of rotatable bonds is 4. The fraction of sp³-hybridized carbons (Fsp3) is 0.231. The summed E-state index contributed by atoms with van der Waals surface area (Å²) in [4.78, 5) is 12.7. The van der Waals surface area contributed by atoms with E-state index in [-0.39, 0.29) is 0 Å². The molecule has 0 radical (unpaired) electrons. The Labute approximate surface area is 187 Å². The van der Waals surface area contributed by atoms with Crippen LogP contribution in [0.25, 0.3) is 11.0 Å². The van der Waals surface area contributed by atoms with E-state index in [4.69, 9.17) is 4.74 Å². The van der Waals surface area contributed by atoms with E-state index in [1.807, 2.05) is 11.8 Å². The number of aromatic nitrogens is 2. The molecule has 4 nitrogen and oxygen atoms in total. The van der Waals surface area contributed by atoms with Crippen LogP contribution in [0.2, 0.25) is 0 Å². The molecule has 5 heteroatoms. The van der Waals surface area contributed by atoms with Crippen LogP contribution < -0.4 is 9.64 Å². The first-order chi connectivity index (χ1) is 15.2. The maximum Gasteiger partial charge on any atom is 0.121 e. The van der Waals surface area contributed by atoms with E-state index in [2.05, 4.69) is 82.5 Å². The Morgan fingerprint density at radius 1 is 1.00 bits per heavy atom. The minimum Gasteiger partial charge on any atom is -0.496 e. The Bertz CT molecular complexity index is 1230. The van der Waals surface area contributed by atoms with Crippen molar-refractivity contribution in [3.63, 3.8) is 0 Å². The fourth-order valence-electron chi connectivity index (χ4n) is 4.25. The lowest BCUT2D eigenvalue weighted by Gasteiger charge is -2.25. The van der Waals surface area contributed by atoms with Crippen molar-refractivity contribution in [2.45, 2.75) is 30.0 Å². The van der Waals surface area contributed by atoms with Crippen molar-refractivity contribution < 1.29 is 4.74 Å². The van der Waals surface area contributed by atoms with E-state index < -0.39 is 0 Å². The number of benzene rings is 3. The van der Waals surface area contributed by atoms with Gasteiger partial charge in [-0.25, -0.2) is 0 Å². The molecular formula is C26H25N3OS. The molecule has 1 atom stereocenters. The van der Waals surface area contributed by atoms with Crippen LogP contribution in [0.4, 0.5) is 5.69 Å². The van der Waals surface area contributed by atoms with Crippen molar-refractivity contribution in [2.24, 2.45) is 0 Å². The highest BCUT2D eigenvalue weighted by Gasteiger charge is 2.23. The van der Waals surface area contributed by atoms with Crippen LogP contribution in [0.15, 0.2) is 78.0 Å². The quantitative estimate of drug-likeness (QED) is 0.388. The number of ether oxygens (including phenoxy) is 1. The largest absolute Gasteiger partial charge is 0.496 e. The molecular weight excluding hydrogens is 402 g/mol. The molecule has 156 valence electrons. The van der Waals surface area contributed by atoms with Crippen LogP contribution >= 0.6 is 11.8 Å². The van der Waals surface area contributed by atoms with Gasteiger partial charge >= 0.3 is 0 Å². The van der Waals surface area contributed by atoms with Crippen LogP contribution in [0.5, 0.6) is 5.75 Å². The Morgan fingerprint density at radius 2 is 1.84 bits per heavy atom. The molecule has 2 heterocycles. The summed E-state index contributed by atoms with van der Waals surface area (Å²) in [5, 5.41) is 0.415. The zero-order valence-corrected chi connectivity index (χ0v) is 18.6. The second-order valence-corrected chi connectivity index (χ2v) is 9.14. The monoisotopic (exact) mass is 427 g/mol. The van der Waals surface area contributed by atoms with Gasteiger partial charge in [-0.15, -0.1) is 11.8 Å². The van der Waals surface area contributed by atoms with Gasteiger partial charge in [0.1, 0.15) is 5.75 Å². The number of fused-ring (bicyclic) bond motifs is 2.